The van der Waals surface area contributed by atoms with Crippen LogP contribution < -0.4 is 30.2 Å². The molecule has 37 heavy (non-hydrogen) atoms. The second kappa shape index (κ2) is 11.5. The maximum atomic E-state index is 12.9. The molecule has 11 heteroatoms. The Hall–Kier alpha value is -3.21. The van der Waals surface area contributed by atoms with E-state index < -0.39 is 6.03 Å². The average Bonchev–Trinajstić information content (AvgIpc) is 3.32. The van der Waals surface area contributed by atoms with Crippen molar-refractivity contribution in [1.29, 1.82) is 0 Å². The number of urea groups is 1. The summed E-state index contributed by atoms with van der Waals surface area (Å²) in [7, 11) is 4.56. The number of benzene rings is 2. The van der Waals surface area contributed by atoms with Crippen LogP contribution in [0.3, 0.4) is 0 Å². The van der Waals surface area contributed by atoms with E-state index in [1.54, 1.807) is 12.1 Å². The predicted molar refractivity (Wildman–Crippen MR) is 148 cm³/mol. The van der Waals surface area contributed by atoms with Crippen molar-refractivity contribution in [3.63, 3.8) is 0 Å². The van der Waals surface area contributed by atoms with Crippen molar-refractivity contribution in [1.82, 2.24) is 10.2 Å². The number of methoxy groups -OCH3 is 3. The number of carbonyl (C=O) groups excluding carboxylic acids is 2. The van der Waals surface area contributed by atoms with Gasteiger partial charge >= 0.3 is 6.03 Å². The van der Waals surface area contributed by atoms with E-state index >= 15 is 0 Å². The molecule has 0 aliphatic carbocycles. The molecule has 0 unspecified atom stereocenters. The first kappa shape index (κ1) is 26.8. The number of halogens is 1. The predicted octanol–water partition coefficient (Wildman–Crippen LogP) is 4.82. The number of hydrogen-bond acceptors (Lipinski definition) is 7. The lowest BCUT2D eigenvalue weighted by atomic mass is 9.84. The van der Waals surface area contributed by atoms with E-state index in [0.717, 1.165) is 42.6 Å². The molecule has 6 rings (SSSR count). The molecule has 1 atom stereocenters. The summed E-state index contributed by atoms with van der Waals surface area (Å²) in [5, 5.41) is 9.85. The second-order valence-electron chi connectivity index (χ2n) is 9.07. The van der Waals surface area contributed by atoms with Gasteiger partial charge in [0.1, 0.15) is 0 Å². The number of thiophene rings is 1. The van der Waals surface area contributed by atoms with Gasteiger partial charge in [-0.15, -0.1) is 23.7 Å². The normalized spacial score (nSPS) is 20.0. The molecule has 3 amide bonds. The van der Waals surface area contributed by atoms with Crippen molar-refractivity contribution in [2.24, 2.45) is 5.92 Å². The molecule has 3 fully saturated rings. The van der Waals surface area contributed by atoms with Gasteiger partial charge in [-0.2, -0.15) is 0 Å². The van der Waals surface area contributed by atoms with E-state index in [4.69, 9.17) is 14.2 Å². The van der Waals surface area contributed by atoms with E-state index in [9.17, 15) is 9.59 Å². The third-order valence-corrected chi connectivity index (χ3v) is 7.99. The first-order valence-corrected chi connectivity index (χ1v) is 12.7. The number of rotatable bonds is 7. The first-order valence-electron chi connectivity index (χ1n) is 11.9. The molecule has 0 radical (unpaired) electrons. The summed E-state index contributed by atoms with van der Waals surface area (Å²) in [5.74, 6) is 1.88. The van der Waals surface area contributed by atoms with Crippen LogP contribution in [0.1, 0.15) is 22.5 Å². The van der Waals surface area contributed by atoms with Crippen molar-refractivity contribution >= 4 is 57.1 Å². The Bertz CT molecular complexity index is 1270. The van der Waals surface area contributed by atoms with Crippen LogP contribution in [0, 0.1) is 5.92 Å². The minimum absolute atomic E-state index is 0. The zero-order valence-corrected chi connectivity index (χ0v) is 22.6. The highest BCUT2D eigenvalue weighted by atomic mass is 35.5. The van der Waals surface area contributed by atoms with Crippen molar-refractivity contribution in [3.05, 3.63) is 41.3 Å². The van der Waals surface area contributed by atoms with Crippen LogP contribution in [0.2, 0.25) is 0 Å². The standard InChI is InChI=1S/C26H30N4O5S.ClH/c1-33-20-11-18(12-21(34-2)24(20)35-3)28-26(32)27-17-5-4-16-10-23(36-22(16)13-17)25(31)29-19-14-30-8-6-15(19)7-9-30;/h4-5,10-13,15,19H,6-9,14H2,1-3H3,(H,29,31)(H2,27,28,32);1H/t19-;/m0./s1. The summed E-state index contributed by atoms with van der Waals surface area (Å²) in [5.41, 5.74) is 1.12. The number of nitrogens with one attached hydrogen (secondary N) is 3. The molecule has 4 heterocycles. The van der Waals surface area contributed by atoms with E-state index in [0.29, 0.717) is 39.4 Å². The van der Waals surface area contributed by atoms with Crippen LogP contribution in [0.25, 0.3) is 10.1 Å². The zero-order valence-electron chi connectivity index (χ0n) is 21.0. The van der Waals surface area contributed by atoms with E-state index in [1.165, 1.54) is 32.7 Å². The zero-order chi connectivity index (χ0) is 25.2. The van der Waals surface area contributed by atoms with Gasteiger partial charge in [0.15, 0.2) is 11.5 Å². The molecule has 3 aromatic rings. The van der Waals surface area contributed by atoms with Crippen LogP contribution in [-0.2, 0) is 0 Å². The third-order valence-electron chi connectivity index (χ3n) is 6.90. The summed E-state index contributed by atoms with van der Waals surface area (Å²) in [6, 6.07) is 10.6. The van der Waals surface area contributed by atoms with Gasteiger partial charge in [0, 0.05) is 35.1 Å². The van der Waals surface area contributed by atoms with Crippen LogP contribution in [-0.4, -0.2) is 63.8 Å². The van der Waals surface area contributed by atoms with Gasteiger partial charge in [0.05, 0.1) is 31.9 Å². The van der Waals surface area contributed by atoms with Gasteiger partial charge in [-0.3, -0.25) is 4.79 Å². The summed E-state index contributed by atoms with van der Waals surface area (Å²) < 4.78 is 16.9. The minimum Gasteiger partial charge on any atom is -0.493 e. The minimum atomic E-state index is -0.416. The topological polar surface area (TPSA) is 101 Å². The van der Waals surface area contributed by atoms with Crippen molar-refractivity contribution in [3.8, 4) is 17.2 Å². The number of amides is 3. The fraction of sp³-hybridized carbons (Fsp3) is 0.385. The van der Waals surface area contributed by atoms with Crippen LogP contribution >= 0.6 is 23.7 Å². The molecule has 3 aliphatic rings. The van der Waals surface area contributed by atoms with Gasteiger partial charge in [0.2, 0.25) is 5.75 Å². The highest BCUT2D eigenvalue weighted by Crippen LogP contribution is 2.40. The Morgan fingerprint density at radius 2 is 1.59 bits per heavy atom. The number of fused-ring (bicyclic) bond motifs is 4. The largest absolute Gasteiger partial charge is 0.493 e. The molecule has 2 aromatic carbocycles. The number of nitrogens with zero attached hydrogens (tertiary/aromatic N) is 1. The first-order chi connectivity index (χ1) is 17.5. The van der Waals surface area contributed by atoms with Crippen LogP contribution in [0.15, 0.2) is 36.4 Å². The molecule has 198 valence electrons. The maximum Gasteiger partial charge on any atom is 0.323 e. The molecule has 1 aromatic heterocycles. The molecule has 0 saturated carbocycles. The van der Waals surface area contributed by atoms with Crippen LogP contribution in [0.4, 0.5) is 16.2 Å². The molecule has 3 aliphatic heterocycles. The number of ether oxygens (including phenoxy) is 3. The number of anilines is 2. The number of hydrogen-bond donors (Lipinski definition) is 3. The molecule has 3 saturated heterocycles. The van der Waals surface area contributed by atoms with Crippen molar-refractivity contribution < 1.29 is 23.8 Å². The average molecular weight is 547 g/mol. The fourth-order valence-corrected chi connectivity index (χ4v) is 6.04. The molecule has 9 nitrogen and oxygen atoms in total. The lowest BCUT2D eigenvalue weighted by molar-refractivity contribution is 0.0622. The fourth-order valence-electron chi connectivity index (χ4n) is 5.04. The molecule has 3 N–H and O–H groups in total. The molecular weight excluding hydrogens is 516 g/mol. The summed E-state index contributed by atoms with van der Waals surface area (Å²) >= 11 is 1.43. The summed E-state index contributed by atoms with van der Waals surface area (Å²) in [6.45, 7) is 3.22. The van der Waals surface area contributed by atoms with Gasteiger partial charge in [-0.05, 0) is 55.4 Å². The lowest BCUT2D eigenvalue weighted by Crippen LogP contribution is -2.57. The smallest absolute Gasteiger partial charge is 0.323 e. The van der Waals surface area contributed by atoms with Crippen molar-refractivity contribution in [2.45, 2.75) is 18.9 Å². The van der Waals surface area contributed by atoms with E-state index in [2.05, 4.69) is 20.9 Å². The molecular formula is C26H31ClN4O5S. The molecule has 0 spiro atoms. The van der Waals surface area contributed by atoms with Crippen molar-refractivity contribution in [2.75, 3.05) is 51.6 Å². The summed E-state index contributed by atoms with van der Waals surface area (Å²) in [6.07, 6.45) is 2.31. The quantitative estimate of drug-likeness (QED) is 0.393. The maximum absolute atomic E-state index is 12.9. The van der Waals surface area contributed by atoms with Gasteiger partial charge < -0.3 is 35.1 Å². The Morgan fingerprint density at radius 3 is 2.19 bits per heavy atom. The Labute approximate surface area is 225 Å². The Kier molecular flexibility index (Phi) is 8.31. The highest BCUT2D eigenvalue weighted by molar-refractivity contribution is 7.20. The Morgan fingerprint density at radius 1 is 0.919 bits per heavy atom. The van der Waals surface area contributed by atoms with E-state index in [-0.39, 0.29) is 24.4 Å². The SMILES string of the molecule is COc1cc(NC(=O)Nc2ccc3cc(C(=O)N[C@H]4CN5CCC4CC5)sc3c2)cc(OC)c1OC.Cl. The molecule has 2 bridgehead atoms. The number of piperidine rings is 3. The van der Waals surface area contributed by atoms with Gasteiger partial charge in [-0.1, -0.05) is 6.07 Å². The monoisotopic (exact) mass is 546 g/mol. The Balaban J connectivity index is 0.00000320. The van der Waals surface area contributed by atoms with E-state index in [1.807, 2.05) is 24.3 Å². The second-order valence-corrected chi connectivity index (χ2v) is 10.2. The number of carbonyl (C=O) groups is 2. The lowest BCUT2D eigenvalue weighted by Gasteiger charge is -2.44. The van der Waals surface area contributed by atoms with Crippen LogP contribution in [0.5, 0.6) is 17.2 Å². The van der Waals surface area contributed by atoms with Gasteiger partial charge in [0.25, 0.3) is 5.91 Å². The third kappa shape index (κ3) is 5.71. The summed E-state index contributed by atoms with van der Waals surface area (Å²) in [4.78, 5) is 28.7. The van der Waals surface area contributed by atoms with Gasteiger partial charge in [-0.25, -0.2) is 4.79 Å². The highest BCUT2D eigenvalue weighted by Gasteiger charge is 2.35.